The van der Waals surface area contributed by atoms with Gasteiger partial charge in [-0.15, -0.1) is 0 Å². The third kappa shape index (κ3) is 3.88. The summed E-state index contributed by atoms with van der Waals surface area (Å²) in [6.45, 7) is 4.34. The number of nitrogens with zero attached hydrogens (tertiary/aromatic N) is 2. The highest BCUT2D eigenvalue weighted by atomic mass is 16.2. The van der Waals surface area contributed by atoms with E-state index in [1.807, 2.05) is 32.0 Å². The Balaban J connectivity index is 2.15. The van der Waals surface area contributed by atoms with Crippen LogP contribution in [0, 0.1) is 6.92 Å². The molecule has 1 aromatic heterocycles. The highest BCUT2D eigenvalue weighted by molar-refractivity contribution is 6.07. The lowest BCUT2D eigenvalue weighted by molar-refractivity contribution is 0.0976. The molecule has 3 N–H and O–H groups in total. The number of nitrogen functional groups attached to an aromatic ring is 1. The monoisotopic (exact) mass is 384 g/mol. The molecule has 0 bridgehead atoms. The third-order valence-corrected chi connectivity index (χ3v) is 5.36. The van der Waals surface area contributed by atoms with Gasteiger partial charge in [0, 0.05) is 18.2 Å². The highest BCUT2D eigenvalue weighted by Crippen LogP contribution is 2.30. The molecule has 1 heterocycles. The van der Waals surface area contributed by atoms with Gasteiger partial charge in [0.2, 0.25) is 0 Å². The standard InChI is InChI=1S/C21H28N4O3/c1-3-4-12-24-18(22)17(19(26)23-21(24)28)25(16-10-5-6-11-16)20(27)15-9-7-8-14(2)13-15/h7-9,13,16H,3-6,10-12,22H2,1-2H3,(H,23,26,28). The van der Waals surface area contributed by atoms with Gasteiger partial charge in [0.05, 0.1) is 0 Å². The maximum atomic E-state index is 13.4. The van der Waals surface area contributed by atoms with Gasteiger partial charge >= 0.3 is 5.69 Å². The summed E-state index contributed by atoms with van der Waals surface area (Å²) in [4.78, 5) is 42.3. The first-order valence-electron chi connectivity index (χ1n) is 9.96. The summed E-state index contributed by atoms with van der Waals surface area (Å²) in [5.41, 5.74) is 6.72. The number of carbonyl (C=O) groups is 1. The molecule has 0 spiro atoms. The van der Waals surface area contributed by atoms with E-state index in [9.17, 15) is 14.4 Å². The summed E-state index contributed by atoms with van der Waals surface area (Å²) < 4.78 is 1.37. The van der Waals surface area contributed by atoms with Gasteiger partial charge < -0.3 is 5.73 Å². The number of anilines is 2. The largest absolute Gasteiger partial charge is 0.383 e. The van der Waals surface area contributed by atoms with E-state index in [2.05, 4.69) is 4.98 Å². The fourth-order valence-corrected chi connectivity index (χ4v) is 3.88. The number of aromatic amines is 1. The van der Waals surface area contributed by atoms with Crippen LogP contribution in [0.3, 0.4) is 0 Å². The summed E-state index contributed by atoms with van der Waals surface area (Å²) in [6.07, 6.45) is 5.25. The number of hydrogen-bond acceptors (Lipinski definition) is 4. The number of nitrogens with one attached hydrogen (secondary N) is 1. The molecule has 7 heteroatoms. The van der Waals surface area contributed by atoms with E-state index in [0.29, 0.717) is 12.1 Å². The van der Waals surface area contributed by atoms with Crippen molar-refractivity contribution in [2.24, 2.45) is 0 Å². The first kappa shape index (κ1) is 19.9. The van der Waals surface area contributed by atoms with Crippen molar-refractivity contribution in [1.29, 1.82) is 0 Å². The quantitative estimate of drug-likeness (QED) is 0.799. The summed E-state index contributed by atoms with van der Waals surface area (Å²) in [6, 6.07) is 7.19. The average Bonchev–Trinajstić information content (AvgIpc) is 3.18. The molecule has 0 aliphatic heterocycles. The van der Waals surface area contributed by atoms with Crippen LogP contribution in [0.5, 0.6) is 0 Å². The van der Waals surface area contributed by atoms with Crippen molar-refractivity contribution < 1.29 is 4.79 Å². The van der Waals surface area contributed by atoms with Crippen LogP contribution in [0.2, 0.25) is 0 Å². The smallest absolute Gasteiger partial charge is 0.330 e. The molecule has 0 saturated heterocycles. The van der Waals surface area contributed by atoms with Crippen molar-refractivity contribution in [3.8, 4) is 0 Å². The molecule has 1 saturated carbocycles. The zero-order chi connectivity index (χ0) is 20.3. The lowest BCUT2D eigenvalue weighted by Crippen LogP contribution is -2.45. The summed E-state index contributed by atoms with van der Waals surface area (Å²) in [5, 5.41) is 0. The maximum absolute atomic E-state index is 13.4. The van der Waals surface area contributed by atoms with E-state index in [0.717, 1.165) is 44.1 Å². The highest BCUT2D eigenvalue weighted by Gasteiger charge is 2.33. The summed E-state index contributed by atoms with van der Waals surface area (Å²) >= 11 is 0. The van der Waals surface area contributed by atoms with Crippen LogP contribution in [-0.4, -0.2) is 21.5 Å². The van der Waals surface area contributed by atoms with Gasteiger partial charge in [-0.05, 0) is 38.3 Å². The Bertz CT molecular complexity index is 970. The van der Waals surface area contributed by atoms with E-state index in [-0.39, 0.29) is 23.5 Å². The predicted octanol–water partition coefficient (Wildman–Crippen LogP) is 2.82. The fraction of sp³-hybridized carbons (Fsp3) is 0.476. The molecule has 0 atom stereocenters. The molecule has 1 fully saturated rings. The van der Waals surface area contributed by atoms with Gasteiger partial charge in [-0.2, -0.15) is 0 Å². The van der Waals surface area contributed by atoms with Crippen molar-refractivity contribution in [3.63, 3.8) is 0 Å². The van der Waals surface area contributed by atoms with E-state index in [4.69, 9.17) is 5.73 Å². The van der Waals surface area contributed by atoms with Crippen molar-refractivity contribution in [1.82, 2.24) is 9.55 Å². The van der Waals surface area contributed by atoms with Crippen LogP contribution in [0.15, 0.2) is 33.9 Å². The molecule has 0 radical (unpaired) electrons. The first-order chi connectivity index (χ1) is 13.4. The topological polar surface area (TPSA) is 101 Å². The minimum Gasteiger partial charge on any atom is -0.383 e. The van der Waals surface area contributed by atoms with Gasteiger partial charge in [0.25, 0.3) is 11.5 Å². The predicted molar refractivity (Wildman–Crippen MR) is 111 cm³/mol. The van der Waals surface area contributed by atoms with Crippen LogP contribution >= 0.6 is 0 Å². The molecule has 1 aliphatic rings. The average molecular weight is 384 g/mol. The number of nitrogens with two attached hydrogens (primary N) is 1. The second-order valence-electron chi connectivity index (χ2n) is 7.48. The molecule has 3 rings (SSSR count). The zero-order valence-corrected chi connectivity index (χ0v) is 16.5. The van der Waals surface area contributed by atoms with Crippen molar-refractivity contribution in [2.75, 3.05) is 10.6 Å². The molecule has 7 nitrogen and oxygen atoms in total. The number of rotatable bonds is 6. The number of H-pyrrole nitrogens is 1. The van der Waals surface area contributed by atoms with E-state index >= 15 is 0 Å². The second kappa shape index (κ2) is 8.46. The van der Waals surface area contributed by atoms with Crippen LogP contribution in [0.1, 0.15) is 61.4 Å². The molecule has 28 heavy (non-hydrogen) atoms. The van der Waals surface area contributed by atoms with Crippen molar-refractivity contribution >= 4 is 17.4 Å². The molecule has 1 aromatic carbocycles. The first-order valence-corrected chi connectivity index (χ1v) is 9.96. The van der Waals surface area contributed by atoms with E-state index in [1.54, 1.807) is 6.07 Å². The number of hydrogen-bond donors (Lipinski definition) is 2. The number of amides is 1. The Morgan fingerprint density at radius 1 is 1.29 bits per heavy atom. The number of unbranched alkanes of at least 4 members (excludes halogenated alkanes) is 1. The molecule has 150 valence electrons. The maximum Gasteiger partial charge on any atom is 0.330 e. The lowest BCUT2D eigenvalue weighted by atomic mass is 10.1. The number of aromatic nitrogens is 2. The molecular weight excluding hydrogens is 356 g/mol. The van der Waals surface area contributed by atoms with E-state index in [1.165, 1.54) is 9.47 Å². The Morgan fingerprint density at radius 2 is 2.00 bits per heavy atom. The Labute approximate surface area is 164 Å². The second-order valence-corrected chi connectivity index (χ2v) is 7.48. The van der Waals surface area contributed by atoms with Gasteiger partial charge in [-0.25, -0.2) is 4.79 Å². The Hall–Kier alpha value is -2.83. The van der Waals surface area contributed by atoms with Crippen LogP contribution in [0.4, 0.5) is 11.5 Å². The molecule has 1 amide bonds. The Morgan fingerprint density at radius 3 is 2.64 bits per heavy atom. The third-order valence-electron chi connectivity index (χ3n) is 5.36. The number of carbonyl (C=O) groups excluding carboxylic acids is 1. The lowest BCUT2D eigenvalue weighted by Gasteiger charge is -2.30. The van der Waals surface area contributed by atoms with Gasteiger partial charge in [0.1, 0.15) is 5.82 Å². The van der Waals surface area contributed by atoms with Gasteiger partial charge in [0.15, 0.2) is 5.69 Å². The number of benzene rings is 1. The SMILES string of the molecule is CCCCn1c(N)c(N(C(=O)c2cccc(C)c2)C2CCCC2)c(=O)[nH]c1=O. The minimum atomic E-state index is -0.608. The van der Waals surface area contributed by atoms with Crippen molar-refractivity contribution in [3.05, 3.63) is 56.2 Å². The normalized spacial score (nSPS) is 14.4. The van der Waals surface area contributed by atoms with Crippen LogP contribution in [0.25, 0.3) is 0 Å². The molecule has 0 unspecified atom stereocenters. The fourth-order valence-electron chi connectivity index (χ4n) is 3.88. The van der Waals surface area contributed by atoms with Gasteiger partial charge in [-0.1, -0.05) is 43.9 Å². The number of aryl methyl sites for hydroxylation is 1. The molecule has 1 aliphatic carbocycles. The summed E-state index contributed by atoms with van der Waals surface area (Å²) in [5.74, 6) is -0.191. The van der Waals surface area contributed by atoms with Crippen molar-refractivity contribution in [2.45, 2.75) is 65.0 Å². The van der Waals surface area contributed by atoms with Crippen LogP contribution < -0.4 is 21.9 Å². The zero-order valence-electron chi connectivity index (χ0n) is 16.5. The molecular formula is C21H28N4O3. The Kier molecular flexibility index (Phi) is 6.02. The van der Waals surface area contributed by atoms with E-state index < -0.39 is 11.2 Å². The minimum absolute atomic E-state index is 0.0649. The summed E-state index contributed by atoms with van der Waals surface area (Å²) in [7, 11) is 0. The van der Waals surface area contributed by atoms with Gasteiger partial charge in [-0.3, -0.25) is 24.0 Å². The van der Waals surface area contributed by atoms with Crippen LogP contribution in [-0.2, 0) is 6.54 Å². The molecule has 2 aromatic rings.